The molecule has 3 aromatic carbocycles. The van der Waals surface area contributed by atoms with E-state index in [0.29, 0.717) is 20.8 Å². The zero-order chi connectivity index (χ0) is 28.2. The maximum atomic E-state index is 10.8. The number of rotatable bonds is 3. The smallest absolute Gasteiger partial charge is 0.188 e. The summed E-state index contributed by atoms with van der Waals surface area (Å²) in [4.78, 5) is 10.7. The van der Waals surface area contributed by atoms with E-state index in [0.717, 1.165) is 51.9 Å². The minimum atomic E-state index is -1.97. The highest BCUT2D eigenvalue weighted by Gasteiger charge is 2.12. The van der Waals surface area contributed by atoms with Gasteiger partial charge in [0.1, 0.15) is 5.84 Å². The summed E-state index contributed by atoms with van der Waals surface area (Å²) < 4.78 is 21.9. The molecule has 0 bridgehead atoms. The van der Waals surface area contributed by atoms with E-state index in [4.69, 9.17) is 39.4 Å². The average Bonchev–Trinajstić information content (AvgIpc) is 3.73. The Bertz CT molecular complexity index is 1860. The molecule has 1 atom stereocenters. The topological polar surface area (TPSA) is 98.2 Å². The number of hydrogen-bond acceptors (Lipinski definition) is 3. The van der Waals surface area contributed by atoms with Crippen LogP contribution in [0.2, 0.25) is 15.1 Å². The van der Waals surface area contributed by atoms with Crippen LogP contribution in [0.15, 0.2) is 89.1 Å². The number of hydrogen-bond donors (Lipinski definition) is 4. The second kappa shape index (κ2) is 12.5. The molecule has 3 aromatic heterocycles. The first-order chi connectivity index (χ1) is 19.3. The van der Waals surface area contributed by atoms with Gasteiger partial charge in [-0.15, -0.1) is 0 Å². The van der Waals surface area contributed by atoms with E-state index in [2.05, 4.69) is 44.0 Å². The van der Waals surface area contributed by atoms with Crippen LogP contribution in [0.25, 0.3) is 32.7 Å². The Morgan fingerprint density at radius 2 is 1.62 bits per heavy atom. The van der Waals surface area contributed by atoms with Gasteiger partial charge in [0.15, 0.2) is 11.1 Å². The van der Waals surface area contributed by atoms with Crippen LogP contribution >= 0.6 is 34.8 Å². The van der Waals surface area contributed by atoms with Gasteiger partial charge in [-0.2, -0.15) is 0 Å². The second-order valence-corrected chi connectivity index (χ2v) is 11.2. The van der Waals surface area contributed by atoms with E-state index in [1.165, 1.54) is 17.1 Å². The van der Waals surface area contributed by atoms with Crippen molar-refractivity contribution in [3.05, 3.63) is 99.9 Å². The third-order valence-electron chi connectivity index (χ3n) is 6.46. The Morgan fingerprint density at radius 3 is 2.33 bits per heavy atom. The number of aliphatic imine (C=N–C) groups is 1. The Morgan fingerprint density at radius 1 is 0.925 bits per heavy atom. The summed E-state index contributed by atoms with van der Waals surface area (Å²) in [5.74, 6) is 1.04. The van der Waals surface area contributed by atoms with Crippen molar-refractivity contribution >= 4 is 84.4 Å². The summed E-state index contributed by atoms with van der Waals surface area (Å²) in [6.45, 7) is 4.70. The minimum Gasteiger partial charge on any atom is -0.370 e. The molecule has 0 saturated heterocycles. The van der Waals surface area contributed by atoms with Crippen LogP contribution < -0.4 is 5.32 Å². The lowest BCUT2D eigenvalue weighted by Crippen LogP contribution is -2.23. The molecule has 1 unspecified atom stereocenters. The third kappa shape index (κ3) is 6.06. The van der Waals surface area contributed by atoms with Crippen molar-refractivity contribution in [2.75, 3.05) is 13.1 Å². The maximum Gasteiger partial charge on any atom is 0.188 e. The molecule has 40 heavy (non-hydrogen) atoms. The summed E-state index contributed by atoms with van der Waals surface area (Å²) in [5, 5.41) is 8.48. The molecular formula is C29H26Cl3N5O2S. The van der Waals surface area contributed by atoms with Crippen molar-refractivity contribution in [3.8, 4) is 0 Å². The SMILES string of the molecule is Cc1cn(CC2=NCCN2)c2c(Cl)cccc12.Clc1cccc2cc[nH]c12.O=S(O)c1c[nH]c2c(Cl)cccc12. The molecule has 1 aliphatic rings. The first-order valence-corrected chi connectivity index (χ1v) is 14.7. The fraction of sp³-hybridized carbons (Fsp3) is 0.138. The van der Waals surface area contributed by atoms with E-state index >= 15 is 0 Å². The highest BCUT2D eigenvalue weighted by molar-refractivity contribution is 7.79. The summed E-state index contributed by atoms with van der Waals surface area (Å²) in [7, 11) is 0. The molecule has 7 nitrogen and oxygen atoms in total. The number of benzene rings is 3. The molecule has 1 aliphatic heterocycles. The Hall–Kier alpha value is -3.27. The van der Waals surface area contributed by atoms with Crippen molar-refractivity contribution < 1.29 is 8.76 Å². The zero-order valence-corrected chi connectivity index (χ0v) is 24.5. The summed E-state index contributed by atoms with van der Waals surface area (Å²) in [6.07, 6.45) is 5.52. The van der Waals surface area contributed by atoms with Gasteiger partial charge in [0.05, 0.1) is 49.6 Å². The number of H-pyrrole nitrogens is 2. The highest BCUT2D eigenvalue weighted by Crippen LogP contribution is 2.28. The van der Waals surface area contributed by atoms with Crippen molar-refractivity contribution in [3.63, 3.8) is 0 Å². The first-order valence-electron chi connectivity index (χ1n) is 12.4. The van der Waals surface area contributed by atoms with Crippen LogP contribution in [0.1, 0.15) is 5.56 Å². The third-order valence-corrected chi connectivity index (χ3v) is 8.11. The number of nitrogens with one attached hydrogen (secondary N) is 3. The number of para-hydroxylation sites is 3. The van der Waals surface area contributed by atoms with Gasteiger partial charge in [0.25, 0.3) is 0 Å². The van der Waals surface area contributed by atoms with Gasteiger partial charge >= 0.3 is 0 Å². The van der Waals surface area contributed by atoms with E-state index in [-0.39, 0.29) is 0 Å². The van der Waals surface area contributed by atoms with Gasteiger partial charge in [-0.05, 0) is 36.8 Å². The quantitative estimate of drug-likeness (QED) is 0.153. The van der Waals surface area contributed by atoms with E-state index in [9.17, 15) is 4.21 Å². The van der Waals surface area contributed by atoms with Crippen LogP contribution in [0.3, 0.4) is 0 Å². The molecule has 0 amide bonds. The molecule has 0 radical (unpaired) electrons. The van der Waals surface area contributed by atoms with Crippen molar-refractivity contribution in [2.45, 2.75) is 18.4 Å². The minimum absolute atomic E-state index is 0.359. The summed E-state index contributed by atoms with van der Waals surface area (Å²) in [6, 6.07) is 19.1. The fourth-order valence-electron chi connectivity index (χ4n) is 4.62. The van der Waals surface area contributed by atoms with Crippen LogP contribution in [0.4, 0.5) is 0 Å². The first kappa shape index (κ1) is 28.3. The lowest BCUT2D eigenvalue weighted by atomic mass is 10.2. The van der Waals surface area contributed by atoms with Gasteiger partial charge in [-0.1, -0.05) is 71.2 Å². The fourth-order valence-corrected chi connectivity index (χ4v) is 5.88. The van der Waals surface area contributed by atoms with Gasteiger partial charge in [0, 0.05) is 41.3 Å². The summed E-state index contributed by atoms with van der Waals surface area (Å²) in [5.41, 5.74) is 4.06. The Balaban J connectivity index is 0.000000125. The zero-order valence-electron chi connectivity index (χ0n) is 21.4. The average molecular weight is 615 g/mol. The lowest BCUT2D eigenvalue weighted by molar-refractivity contribution is 0.565. The number of aromatic nitrogens is 3. The summed E-state index contributed by atoms with van der Waals surface area (Å²) >= 11 is 16.0. The molecule has 4 N–H and O–H groups in total. The van der Waals surface area contributed by atoms with E-state index in [1.807, 2.05) is 42.6 Å². The Labute approximate surface area is 248 Å². The van der Waals surface area contributed by atoms with Crippen LogP contribution in [-0.2, 0) is 17.6 Å². The van der Waals surface area contributed by atoms with Crippen LogP contribution in [-0.4, -0.2) is 42.2 Å². The second-order valence-electron chi connectivity index (χ2n) is 9.08. The molecule has 4 heterocycles. The highest BCUT2D eigenvalue weighted by atomic mass is 35.5. The molecule has 0 aliphatic carbocycles. The van der Waals surface area contributed by atoms with Crippen molar-refractivity contribution in [2.24, 2.45) is 4.99 Å². The number of amidine groups is 1. The predicted octanol–water partition coefficient (Wildman–Crippen LogP) is 7.83. The standard InChI is InChI=1S/C13H14ClN3.C8H6ClNO2S.C8H6ClN/c1-9-7-17(8-12-15-5-6-16-12)13-10(9)3-2-4-11(13)14;9-6-3-1-2-5-7(13(11)12)4-10-8(5)6;9-7-3-1-2-6-4-5-10-8(6)7/h2-4,7H,5-6,8H2,1H3,(H,15,16);1-4,10H,(H,11,12);1-5,10H. The Kier molecular flexibility index (Phi) is 8.83. The molecule has 11 heteroatoms. The molecule has 6 aromatic rings. The molecule has 7 rings (SSSR count). The van der Waals surface area contributed by atoms with E-state index in [1.54, 1.807) is 18.2 Å². The largest absolute Gasteiger partial charge is 0.370 e. The van der Waals surface area contributed by atoms with Crippen LogP contribution in [0, 0.1) is 6.92 Å². The maximum absolute atomic E-state index is 10.8. The number of aryl methyl sites for hydroxylation is 1. The predicted molar refractivity (Wildman–Crippen MR) is 168 cm³/mol. The number of halogens is 3. The number of nitrogens with zero attached hydrogens (tertiary/aromatic N) is 2. The molecule has 206 valence electrons. The normalized spacial score (nSPS) is 13.4. The molecule has 0 fully saturated rings. The van der Waals surface area contributed by atoms with Gasteiger partial charge < -0.3 is 24.4 Å². The van der Waals surface area contributed by atoms with Crippen molar-refractivity contribution in [1.82, 2.24) is 19.9 Å². The number of aromatic amines is 2. The van der Waals surface area contributed by atoms with Gasteiger partial charge in [-0.25, -0.2) is 4.21 Å². The van der Waals surface area contributed by atoms with Gasteiger partial charge in [-0.3, -0.25) is 4.99 Å². The number of fused-ring (bicyclic) bond motifs is 3. The van der Waals surface area contributed by atoms with Gasteiger partial charge in [0.2, 0.25) is 0 Å². The molecule has 0 saturated carbocycles. The monoisotopic (exact) mass is 613 g/mol. The van der Waals surface area contributed by atoms with E-state index < -0.39 is 11.1 Å². The molecule has 0 spiro atoms. The lowest BCUT2D eigenvalue weighted by Gasteiger charge is -2.07. The molecular weight excluding hydrogens is 589 g/mol. The van der Waals surface area contributed by atoms with Crippen molar-refractivity contribution in [1.29, 1.82) is 0 Å². The van der Waals surface area contributed by atoms with Crippen LogP contribution in [0.5, 0.6) is 0 Å².